The van der Waals surface area contributed by atoms with Gasteiger partial charge < -0.3 is 25.0 Å². The Morgan fingerprint density at radius 1 is 1.18 bits per heavy atom. The molecule has 1 fully saturated rings. The van der Waals surface area contributed by atoms with Crippen LogP contribution in [0.5, 0.6) is 0 Å². The Balaban J connectivity index is 2.35. The van der Waals surface area contributed by atoms with Crippen molar-refractivity contribution in [2.75, 3.05) is 20.2 Å². The maximum absolute atomic E-state index is 13.3. The number of hydrogen-bond donors (Lipinski definition) is 2. The quantitative estimate of drug-likeness (QED) is 0.454. The Labute approximate surface area is 194 Å². The number of carbonyl (C=O) groups excluding carboxylic acids is 4. The summed E-state index contributed by atoms with van der Waals surface area (Å²) in [5, 5.41) is 4.98. The number of alkyl carbamates (subject to hydrolysis) is 1. The normalized spacial score (nSPS) is 17.7. The second kappa shape index (κ2) is 10.9. The van der Waals surface area contributed by atoms with Gasteiger partial charge in [-0.3, -0.25) is 14.4 Å². The van der Waals surface area contributed by atoms with Gasteiger partial charge in [0.15, 0.2) is 0 Å². The van der Waals surface area contributed by atoms with Crippen molar-refractivity contribution >= 4 is 23.9 Å². The Morgan fingerprint density at radius 3 is 2.36 bits per heavy atom. The van der Waals surface area contributed by atoms with Crippen LogP contribution in [0.2, 0.25) is 0 Å². The lowest BCUT2D eigenvalue weighted by Gasteiger charge is -2.32. The number of amides is 3. The largest absolute Gasteiger partial charge is 0.468 e. The van der Waals surface area contributed by atoms with Crippen molar-refractivity contribution in [3.05, 3.63) is 35.4 Å². The smallest absolute Gasteiger partial charge is 0.408 e. The van der Waals surface area contributed by atoms with Gasteiger partial charge in [-0.15, -0.1) is 6.42 Å². The average molecular weight is 458 g/mol. The van der Waals surface area contributed by atoms with Gasteiger partial charge in [0, 0.05) is 11.6 Å². The van der Waals surface area contributed by atoms with Crippen LogP contribution < -0.4 is 10.6 Å². The van der Waals surface area contributed by atoms with E-state index >= 15 is 0 Å². The minimum absolute atomic E-state index is 0.157. The molecular formula is C24H31N3O6. The van der Waals surface area contributed by atoms with E-state index in [4.69, 9.17) is 11.2 Å². The third-order valence-electron chi connectivity index (χ3n) is 5.07. The van der Waals surface area contributed by atoms with Crippen molar-refractivity contribution in [3.8, 4) is 12.3 Å². The highest BCUT2D eigenvalue weighted by molar-refractivity contribution is 5.92. The van der Waals surface area contributed by atoms with E-state index in [1.165, 1.54) is 12.0 Å². The highest BCUT2D eigenvalue weighted by Crippen LogP contribution is 2.40. The summed E-state index contributed by atoms with van der Waals surface area (Å²) in [5.74, 6) is 1.03. The number of nitrogens with one attached hydrogen (secondary N) is 2. The predicted octanol–water partition coefficient (Wildman–Crippen LogP) is 1.76. The van der Waals surface area contributed by atoms with Crippen molar-refractivity contribution in [2.45, 2.75) is 51.8 Å². The third kappa shape index (κ3) is 7.24. The molecule has 0 spiro atoms. The molecule has 1 aliphatic rings. The molecule has 0 saturated heterocycles. The Kier molecular flexibility index (Phi) is 8.46. The maximum Gasteiger partial charge on any atom is 0.408 e. The number of carbonyl (C=O) groups is 4. The minimum atomic E-state index is -1.09. The molecule has 0 aliphatic heterocycles. The molecule has 1 aromatic carbocycles. The van der Waals surface area contributed by atoms with E-state index in [1.807, 2.05) is 6.92 Å². The fraction of sp³-hybridized carbons (Fsp3) is 0.500. The summed E-state index contributed by atoms with van der Waals surface area (Å²) in [7, 11) is 1.21. The van der Waals surface area contributed by atoms with Crippen LogP contribution in [0, 0.1) is 18.3 Å². The van der Waals surface area contributed by atoms with Crippen molar-refractivity contribution < 1.29 is 28.7 Å². The molecule has 1 aromatic rings. The lowest BCUT2D eigenvalue weighted by atomic mass is 9.97. The van der Waals surface area contributed by atoms with Crippen LogP contribution in [0.1, 0.15) is 51.3 Å². The summed E-state index contributed by atoms with van der Waals surface area (Å²) in [6, 6.07) is 5.48. The van der Waals surface area contributed by atoms with Crippen molar-refractivity contribution in [3.63, 3.8) is 0 Å². The van der Waals surface area contributed by atoms with Gasteiger partial charge >= 0.3 is 12.1 Å². The van der Waals surface area contributed by atoms with Gasteiger partial charge in [0.1, 0.15) is 24.7 Å². The first kappa shape index (κ1) is 25.7. The standard InChI is InChI=1S/C24H31N3O6/c1-7-16-10-8-9-11-17(16)21(22(30)25-14-20(29)32-6)27(18-12-15(18)2)19(28)13-26-23(31)33-24(3,4)5/h1,8-11,15,18,21H,12-14H2,2-6H3,(H,25,30)(H,26,31). The molecule has 2 N–H and O–H groups in total. The fourth-order valence-corrected chi connectivity index (χ4v) is 3.38. The van der Waals surface area contributed by atoms with Crippen molar-refractivity contribution in [1.82, 2.24) is 15.5 Å². The van der Waals surface area contributed by atoms with E-state index in [1.54, 1.807) is 45.0 Å². The molecule has 1 saturated carbocycles. The molecule has 0 bridgehead atoms. The highest BCUT2D eigenvalue weighted by atomic mass is 16.6. The molecule has 1 aliphatic carbocycles. The molecule has 3 unspecified atom stereocenters. The van der Waals surface area contributed by atoms with Gasteiger partial charge in [0.2, 0.25) is 11.8 Å². The maximum atomic E-state index is 13.3. The summed E-state index contributed by atoms with van der Waals surface area (Å²) < 4.78 is 9.79. The number of esters is 1. The number of ether oxygens (including phenoxy) is 2. The van der Waals surface area contributed by atoms with Gasteiger partial charge in [-0.1, -0.05) is 31.0 Å². The van der Waals surface area contributed by atoms with E-state index in [-0.39, 0.29) is 25.0 Å². The Morgan fingerprint density at radius 2 is 1.82 bits per heavy atom. The molecule has 9 heteroatoms. The Hall–Kier alpha value is -3.54. The molecule has 3 atom stereocenters. The summed E-state index contributed by atoms with van der Waals surface area (Å²) in [6.45, 7) is 6.38. The van der Waals surface area contributed by atoms with Gasteiger partial charge in [0.05, 0.1) is 7.11 Å². The molecule has 2 rings (SSSR count). The summed E-state index contributed by atoms with van der Waals surface area (Å²) >= 11 is 0. The number of nitrogens with zero attached hydrogens (tertiary/aromatic N) is 1. The number of methoxy groups -OCH3 is 1. The molecule has 0 heterocycles. The van der Waals surface area contributed by atoms with Gasteiger partial charge in [0.25, 0.3) is 0 Å². The van der Waals surface area contributed by atoms with E-state index in [9.17, 15) is 19.2 Å². The van der Waals surface area contributed by atoms with Crippen LogP contribution in [0.3, 0.4) is 0 Å². The van der Waals surface area contributed by atoms with Crippen LogP contribution in [0.25, 0.3) is 0 Å². The third-order valence-corrected chi connectivity index (χ3v) is 5.07. The first-order valence-electron chi connectivity index (χ1n) is 10.7. The van der Waals surface area contributed by atoms with E-state index in [2.05, 4.69) is 21.3 Å². The lowest BCUT2D eigenvalue weighted by Crippen LogP contribution is -2.50. The van der Waals surface area contributed by atoms with Crippen molar-refractivity contribution in [1.29, 1.82) is 0 Å². The van der Waals surface area contributed by atoms with E-state index < -0.39 is 35.5 Å². The Bertz CT molecular complexity index is 946. The van der Waals surface area contributed by atoms with Crippen LogP contribution >= 0.6 is 0 Å². The number of hydrogen-bond acceptors (Lipinski definition) is 6. The number of terminal acetylenes is 1. The molecule has 9 nitrogen and oxygen atoms in total. The fourth-order valence-electron chi connectivity index (χ4n) is 3.38. The minimum Gasteiger partial charge on any atom is -0.468 e. The van der Waals surface area contributed by atoms with E-state index in [0.717, 1.165) is 0 Å². The molecule has 0 radical (unpaired) electrons. The monoisotopic (exact) mass is 457 g/mol. The topological polar surface area (TPSA) is 114 Å². The number of rotatable bonds is 8. The summed E-state index contributed by atoms with van der Waals surface area (Å²) in [5.41, 5.74) is 0.175. The van der Waals surface area contributed by atoms with Gasteiger partial charge in [-0.2, -0.15) is 0 Å². The number of benzene rings is 1. The molecule has 3 amide bonds. The van der Waals surface area contributed by atoms with Crippen LogP contribution in [-0.2, 0) is 23.9 Å². The van der Waals surface area contributed by atoms with E-state index in [0.29, 0.717) is 17.5 Å². The molecule has 0 aromatic heterocycles. The average Bonchev–Trinajstić information content (AvgIpc) is 3.48. The zero-order valence-electron chi connectivity index (χ0n) is 19.6. The first-order chi connectivity index (χ1) is 15.5. The second-order valence-electron chi connectivity index (χ2n) is 8.86. The molecule has 178 valence electrons. The zero-order chi connectivity index (χ0) is 24.8. The SMILES string of the molecule is C#Cc1ccccc1C(C(=O)NCC(=O)OC)N(C(=O)CNC(=O)OC(C)(C)C)C1CC1C. The molecular weight excluding hydrogens is 426 g/mol. The second-order valence-corrected chi connectivity index (χ2v) is 8.86. The molecule has 33 heavy (non-hydrogen) atoms. The van der Waals surface area contributed by atoms with Crippen LogP contribution in [0.4, 0.5) is 4.79 Å². The first-order valence-corrected chi connectivity index (χ1v) is 10.7. The summed E-state index contributed by atoms with van der Waals surface area (Å²) in [6.07, 6.45) is 5.60. The van der Waals surface area contributed by atoms with Crippen molar-refractivity contribution in [2.24, 2.45) is 5.92 Å². The zero-order valence-corrected chi connectivity index (χ0v) is 19.6. The van der Waals surface area contributed by atoms with Crippen LogP contribution in [0.15, 0.2) is 24.3 Å². The summed E-state index contributed by atoms with van der Waals surface area (Å²) in [4.78, 5) is 51.6. The predicted molar refractivity (Wildman–Crippen MR) is 121 cm³/mol. The van der Waals surface area contributed by atoms with Gasteiger partial charge in [-0.25, -0.2) is 4.79 Å². The van der Waals surface area contributed by atoms with Gasteiger partial charge in [-0.05, 0) is 44.7 Å². The highest BCUT2D eigenvalue weighted by Gasteiger charge is 2.46. The van der Waals surface area contributed by atoms with Crippen LogP contribution in [-0.4, -0.2) is 60.6 Å². The lowest BCUT2D eigenvalue weighted by molar-refractivity contribution is -0.144.